The standard InChI is InChI=1S/C19H23NO2S/c1-13-8-14(2)19(15(3)9-13)23-12-18(21)20-11-16-6-5-7-17(10-16)22-4/h5-10H,11-12H2,1-4H3,(H,20,21). The first-order valence-corrected chi connectivity index (χ1v) is 8.58. The lowest BCUT2D eigenvalue weighted by Crippen LogP contribution is -2.24. The fraction of sp³-hybridized carbons (Fsp3) is 0.316. The molecule has 0 radical (unpaired) electrons. The first-order chi connectivity index (χ1) is 11.0. The molecule has 2 aromatic rings. The Morgan fingerprint density at radius 1 is 1.13 bits per heavy atom. The Kier molecular flexibility index (Phi) is 6.11. The lowest BCUT2D eigenvalue weighted by atomic mass is 10.1. The third-order valence-electron chi connectivity index (χ3n) is 3.58. The van der Waals surface area contributed by atoms with Gasteiger partial charge in [-0.2, -0.15) is 0 Å². The number of hydrogen-bond acceptors (Lipinski definition) is 3. The third-order valence-corrected chi connectivity index (χ3v) is 4.92. The molecule has 0 atom stereocenters. The summed E-state index contributed by atoms with van der Waals surface area (Å²) >= 11 is 1.60. The molecule has 2 rings (SSSR count). The van der Waals surface area contributed by atoms with Crippen molar-refractivity contribution in [1.29, 1.82) is 0 Å². The van der Waals surface area contributed by atoms with Crippen LogP contribution in [0, 0.1) is 20.8 Å². The molecule has 0 fully saturated rings. The number of carbonyl (C=O) groups is 1. The van der Waals surface area contributed by atoms with E-state index in [0.29, 0.717) is 12.3 Å². The van der Waals surface area contributed by atoms with E-state index in [9.17, 15) is 4.79 Å². The summed E-state index contributed by atoms with van der Waals surface area (Å²) < 4.78 is 5.19. The van der Waals surface area contributed by atoms with Gasteiger partial charge in [-0.25, -0.2) is 0 Å². The molecule has 0 aromatic heterocycles. The van der Waals surface area contributed by atoms with Crippen molar-refractivity contribution in [2.45, 2.75) is 32.2 Å². The molecule has 2 aromatic carbocycles. The maximum absolute atomic E-state index is 12.1. The van der Waals surface area contributed by atoms with Gasteiger partial charge in [0.05, 0.1) is 12.9 Å². The highest BCUT2D eigenvalue weighted by Crippen LogP contribution is 2.27. The summed E-state index contributed by atoms with van der Waals surface area (Å²) in [4.78, 5) is 13.3. The molecule has 23 heavy (non-hydrogen) atoms. The van der Waals surface area contributed by atoms with Gasteiger partial charge in [-0.1, -0.05) is 29.8 Å². The quantitative estimate of drug-likeness (QED) is 0.813. The summed E-state index contributed by atoms with van der Waals surface area (Å²) in [6.45, 7) is 6.80. The average Bonchev–Trinajstić information content (AvgIpc) is 2.52. The maximum Gasteiger partial charge on any atom is 0.230 e. The molecule has 3 nitrogen and oxygen atoms in total. The molecule has 122 valence electrons. The van der Waals surface area contributed by atoms with Gasteiger partial charge in [-0.3, -0.25) is 4.79 Å². The second-order valence-electron chi connectivity index (χ2n) is 5.64. The van der Waals surface area contributed by atoms with E-state index in [1.165, 1.54) is 21.6 Å². The van der Waals surface area contributed by atoms with Crippen molar-refractivity contribution >= 4 is 17.7 Å². The highest BCUT2D eigenvalue weighted by Gasteiger charge is 2.08. The fourth-order valence-electron chi connectivity index (χ4n) is 2.57. The number of carbonyl (C=O) groups excluding carboxylic acids is 1. The van der Waals surface area contributed by atoms with Crippen LogP contribution in [0.4, 0.5) is 0 Å². The first kappa shape index (κ1) is 17.4. The Hall–Kier alpha value is -1.94. The Bertz CT molecular complexity index is 675. The molecule has 1 N–H and O–H groups in total. The highest BCUT2D eigenvalue weighted by atomic mass is 32.2. The van der Waals surface area contributed by atoms with E-state index in [2.05, 4.69) is 38.2 Å². The minimum Gasteiger partial charge on any atom is -0.497 e. The Balaban J connectivity index is 1.88. The van der Waals surface area contributed by atoms with Crippen molar-refractivity contribution in [3.05, 3.63) is 58.7 Å². The summed E-state index contributed by atoms with van der Waals surface area (Å²) in [6, 6.07) is 12.0. The number of methoxy groups -OCH3 is 1. The number of rotatable bonds is 6. The van der Waals surface area contributed by atoms with Gasteiger partial charge in [-0.15, -0.1) is 11.8 Å². The largest absolute Gasteiger partial charge is 0.497 e. The van der Waals surface area contributed by atoms with Crippen LogP contribution >= 0.6 is 11.8 Å². The van der Waals surface area contributed by atoms with Crippen LogP contribution in [0.3, 0.4) is 0 Å². The van der Waals surface area contributed by atoms with Crippen LogP contribution in [0.25, 0.3) is 0 Å². The van der Waals surface area contributed by atoms with E-state index in [4.69, 9.17) is 4.74 Å². The average molecular weight is 329 g/mol. The van der Waals surface area contributed by atoms with Gasteiger partial charge in [0.1, 0.15) is 5.75 Å². The van der Waals surface area contributed by atoms with Crippen molar-refractivity contribution in [1.82, 2.24) is 5.32 Å². The molecule has 4 heteroatoms. The lowest BCUT2D eigenvalue weighted by Gasteiger charge is -2.11. The van der Waals surface area contributed by atoms with E-state index in [1.54, 1.807) is 18.9 Å². The normalized spacial score (nSPS) is 10.4. The lowest BCUT2D eigenvalue weighted by molar-refractivity contribution is -0.118. The van der Waals surface area contributed by atoms with Gasteiger partial charge in [0, 0.05) is 11.4 Å². The van der Waals surface area contributed by atoms with Crippen molar-refractivity contribution in [3.8, 4) is 5.75 Å². The molecule has 0 saturated carbocycles. The molecular formula is C19H23NO2S. The SMILES string of the molecule is COc1cccc(CNC(=O)CSc2c(C)cc(C)cc2C)c1. The molecular weight excluding hydrogens is 306 g/mol. The predicted octanol–water partition coefficient (Wildman–Crippen LogP) is 4.03. The van der Waals surface area contributed by atoms with Crippen molar-refractivity contribution in [2.75, 3.05) is 12.9 Å². The molecule has 0 unspecified atom stereocenters. The van der Waals surface area contributed by atoms with Crippen molar-refractivity contribution in [3.63, 3.8) is 0 Å². The zero-order valence-corrected chi connectivity index (χ0v) is 14.9. The summed E-state index contributed by atoms with van der Waals surface area (Å²) in [5.74, 6) is 1.27. The second-order valence-corrected chi connectivity index (χ2v) is 6.63. The third kappa shape index (κ3) is 5.03. The number of ether oxygens (including phenoxy) is 1. The smallest absolute Gasteiger partial charge is 0.230 e. The van der Waals surface area contributed by atoms with Crippen molar-refractivity contribution < 1.29 is 9.53 Å². The molecule has 0 aliphatic heterocycles. The maximum atomic E-state index is 12.1. The van der Waals surface area contributed by atoms with E-state index in [1.807, 2.05) is 24.3 Å². The van der Waals surface area contributed by atoms with Crippen LogP contribution in [0.1, 0.15) is 22.3 Å². The van der Waals surface area contributed by atoms with E-state index in [-0.39, 0.29) is 5.91 Å². The zero-order valence-electron chi connectivity index (χ0n) is 14.1. The minimum absolute atomic E-state index is 0.0391. The van der Waals surface area contributed by atoms with Crippen LogP contribution < -0.4 is 10.1 Å². The van der Waals surface area contributed by atoms with E-state index >= 15 is 0 Å². The molecule has 0 spiro atoms. The number of hydrogen-bond donors (Lipinski definition) is 1. The van der Waals surface area contributed by atoms with E-state index < -0.39 is 0 Å². The monoisotopic (exact) mass is 329 g/mol. The van der Waals surface area contributed by atoms with Gasteiger partial charge in [0.15, 0.2) is 0 Å². The minimum atomic E-state index is 0.0391. The summed E-state index contributed by atoms with van der Waals surface area (Å²) in [7, 11) is 1.64. The van der Waals surface area contributed by atoms with Gasteiger partial charge in [-0.05, 0) is 49.6 Å². The Morgan fingerprint density at radius 3 is 2.48 bits per heavy atom. The van der Waals surface area contributed by atoms with Crippen LogP contribution in [0.15, 0.2) is 41.3 Å². The fourth-order valence-corrected chi connectivity index (χ4v) is 3.52. The molecule has 0 bridgehead atoms. The summed E-state index contributed by atoms with van der Waals surface area (Å²) in [6.07, 6.45) is 0. The van der Waals surface area contributed by atoms with Crippen LogP contribution in [-0.2, 0) is 11.3 Å². The van der Waals surface area contributed by atoms with Crippen LogP contribution in [-0.4, -0.2) is 18.8 Å². The number of thioether (sulfide) groups is 1. The molecule has 1 amide bonds. The number of amides is 1. The van der Waals surface area contributed by atoms with Crippen LogP contribution in [0.2, 0.25) is 0 Å². The van der Waals surface area contributed by atoms with E-state index in [0.717, 1.165) is 11.3 Å². The molecule has 0 saturated heterocycles. The van der Waals surface area contributed by atoms with Gasteiger partial charge in [0.2, 0.25) is 5.91 Å². The Labute approximate surface area is 142 Å². The van der Waals surface area contributed by atoms with Gasteiger partial charge >= 0.3 is 0 Å². The predicted molar refractivity (Wildman–Crippen MR) is 96.2 cm³/mol. The number of nitrogens with one attached hydrogen (secondary N) is 1. The summed E-state index contributed by atoms with van der Waals surface area (Å²) in [5.41, 5.74) is 4.75. The topological polar surface area (TPSA) is 38.3 Å². The zero-order chi connectivity index (χ0) is 16.8. The van der Waals surface area contributed by atoms with Crippen molar-refractivity contribution in [2.24, 2.45) is 0 Å². The van der Waals surface area contributed by atoms with Gasteiger partial charge < -0.3 is 10.1 Å². The highest BCUT2D eigenvalue weighted by molar-refractivity contribution is 8.00. The summed E-state index contributed by atoms with van der Waals surface area (Å²) in [5, 5.41) is 2.96. The second kappa shape index (κ2) is 8.06. The molecule has 0 heterocycles. The van der Waals surface area contributed by atoms with Crippen LogP contribution in [0.5, 0.6) is 5.75 Å². The van der Waals surface area contributed by atoms with Gasteiger partial charge in [0.25, 0.3) is 0 Å². The molecule has 0 aliphatic rings. The Morgan fingerprint density at radius 2 is 1.83 bits per heavy atom. The molecule has 0 aliphatic carbocycles. The number of benzene rings is 2. The number of aryl methyl sites for hydroxylation is 3. The first-order valence-electron chi connectivity index (χ1n) is 7.60.